The molecule has 1 heterocycles. The van der Waals surface area contributed by atoms with Crippen LogP contribution in [-0.4, -0.2) is 32.1 Å². The lowest BCUT2D eigenvalue weighted by molar-refractivity contribution is 0.0954. The summed E-state index contributed by atoms with van der Waals surface area (Å²) in [7, 11) is -2.35. The zero-order valence-electron chi connectivity index (χ0n) is 16.4. The van der Waals surface area contributed by atoms with Crippen molar-refractivity contribution in [2.75, 3.05) is 11.8 Å². The van der Waals surface area contributed by atoms with E-state index in [-0.39, 0.29) is 10.5 Å². The topological polar surface area (TPSA) is 110 Å². The van der Waals surface area contributed by atoms with Gasteiger partial charge in [0.05, 0.1) is 17.7 Å². The maximum Gasteiger partial charge on any atom is 0.271 e. The van der Waals surface area contributed by atoms with Gasteiger partial charge >= 0.3 is 0 Å². The van der Waals surface area contributed by atoms with Gasteiger partial charge in [-0.1, -0.05) is 6.07 Å². The Morgan fingerprint density at radius 3 is 2.37 bits per heavy atom. The normalized spacial score (nSPS) is 11.6. The second-order valence-electron chi connectivity index (χ2n) is 6.24. The van der Waals surface area contributed by atoms with E-state index in [4.69, 9.17) is 4.74 Å². The maximum atomic E-state index is 12.7. The van der Waals surface area contributed by atoms with Gasteiger partial charge in [-0.2, -0.15) is 5.10 Å². The Bertz CT molecular complexity index is 1160. The fourth-order valence-corrected chi connectivity index (χ4v) is 3.64. The minimum absolute atomic E-state index is 0.0409. The highest BCUT2D eigenvalue weighted by atomic mass is 32.2. The third-order valence-corrected chi connectivity index (χ3v) is 5.55. The summed E-state index contributed by atoms with van der Waals surface area (Å²) in [5, 5.41) is 4.06. The number of rotatable bonds is 7. The van der Waals surface area contributed by atoms with E-state index in [9.17, 15) is 13.2 Å². The Morgan fingerprint density at radius 1 is 1.00 bits per heavy atom. The van der Waals surface area contributed by atoms with Crippen molar-refractivity contribution in [1.82, 2.24) is 10.4 Å². The minimum Gasteiger partial charge on any atom is -0.497 e. The Labute approximate surface area is 174 Å². The Kier molecular flexibility index (Phi) is 6.43. The Morgan fingerprint density at radius 2 is 1.70 bits per heavy atom. The molecule has 2 N–H and O–H groups in total. The van der Waals surface area contributed by atoms with Gasteiger partial charge in [0, 0.05) is 29.2 Å². The van der Waals surface area contributed by atoms with E-state index in [1.165, 1.54) is 31.4 Å². The first-order chi connectivity index (χ1) is 14.4. The molecule has 9 heteroatoms. The molecule has 3 aromatic rings. The lowest BCUT2D eigenvalue weighted by atomic mass is 10.2. The fraction of sp³-hybridized carbons (Fsp3) is 0.0952. The molecular weight excluding hydrogens is 404 g/mol. The number of methoxy groups -OCH3 is 1. The predicted molar refractivity (Wildman–Crippen MR) is 114 cm³/mol. The molecule has 2 aromatic carbocycles. The molecule has 0 aliphatic rings. The zero-order valence-corrected chi connectivity index (χ0v) is 17.2. The van der Waals surface area contributed by atoms with E-state index < -0.39 is 15.9 Å². The second-order valence-corrected chi connectivity index (χ2v) is 7.92. The van der Waals surface area contributed by atoms with Gasteiger partial charge in [0.2, 0.25) is 0 Å². The number of carbonyl (C=O) groups is 1. The van der Waals surface area contributed by atoms with Crippen LogP contribution in [0.5, 0.6) is 5.75 Å². The molecule has 3 rings (SSSR count). The number of sulfonamides is 1. The molecule has 0 aliphatic heterocycles. The Hall–Kier alpha value is -3.72. The second kappa shape index (κ2) is 9.19. The predicted octanol–water partition coefficient (Wildman–Crippen LogP) is 3.05. The van der Waals surface area contributed by atoms with E-state index in [2.05, 4.69) is 20.2 Å². The molecule has 0 spiro atoms. The van der Waals surface area contributed by atoms with E-state index in [1.54, 1.807) is 55.7 Å². The number of aromatic nitrogens is 1. The first-order valence-corrected chi connectivity index (χ1v) is 10.4. The molecule has 154 valence electrons. The van der Waals surface area contributed by atoms with Gasteiger partial charge in [-0.05, 0) is 61.5 Å². The zero-order chi connectivity index (χ0) is 21.6. The van der Waals surface area contributed by atoms with Gasteiger partial charge in [0.25, 0.3) is 15.9 Å². The molecule has 0 radical (unpaired) electrons. The van der Waals surface area contributed by atoms with Crippen molar-refractivity contribution in [2.45, 2.75) is 11.8 Å². The van der Waals surface area contributed by atoms with Gasteiger partial charge < -0.3 is 4.74 Å². The van der Waals surface area contributed by atoms with Crippen molar-refractivity contribution >= 4 is 27.3 Å². The van der Waals surface area contributed by atoms with Crippen molar-refractivity contribution in [3.63, 3.8) is 0 Å². The number of hydrazone groups is 1. The third kappa shape index (κ3) is 5.21. The van der Waals surface area contributed by atoms with Crippen molar-refractivity contribution < 1.29 is 17.9 Å². The highest BCUT2D eigenvalue weighted by molar-refractivity contribution is 7.92. The van der Waals surface area contributed by atoms with Crippen LogP contribution in [0.1, 0.15) is 22.8 Å². The summed E-state index contributed by atoms with van der Waals surface area (Å²) in [5.74, 6) is 0.0872. The summed E-state index contributed by atoms with van der Waals surface area (Å²) in [6.45, 7) is 1.75. The highest BCUT2D eigenvalue weighted by Gasteiger charge is 2.16. The molecule has 0 aliphatic carbocycles. The quantitative estimate of drug-likeness (QED) is 0.447. The van der Waals surface area contributed by atoms with Gasteiger partial charge in [0.15, 0.2) is 0 Å². The first kappa shape index (κ1) is 21.0. The average molecular weight is 424 g/mol. The van der Waals surface area contributed by atoms with Crippen LogP contribution >= 0.6 is 0 Å². The molecule has 1 amide bonds. The molecule has 0 saturated carbocycles. The van der Waals surface area contributed by atoms with Crippen LogP contribution in [0.15, 0.2) is 83.1 Å². The van der Waals surface area contributed by atoms with Gasteiger partial charge in [-0.3, -0.25) is 14.5 Å². The molecular formula is C21H20N4O4S. The molecule has 30 heavy (non-hydrogen) atoms. The van der Waals surface area contributed by atoms with E-state index in [1.807, 2.05) is 0 Å². The number of nitrogens with one attached hydrogen (secondary N) is 2. The van der Waals surface area contributed by atoms with Crippen molar-refractivity contribution in [3.8, 4) is 5.75 Å². The van der Waals surface area contributed by atoms with E-state index in [0.717, 1.165) is 5.56 Å². The average Bonchev–Trinajstić information content (AvgIpc) is 2.78. The number of anilines is 1. The lowest BCUT2D eigenvalue weighted by Crippen LogP contribution is -2.20. The van der Waals surface area contributed by atoms with Crippen molar-refractivity contribution in [3.05, 3.63) is 84.2 Å². The van der Waals surface area contributed by atoms with Gasteiger partial charge in [-0.15, -0.1) is 0 Å². The standard InChI is InChI=1S/C21H20N4O4S/c1-15(16-10-12-22-13-11-16)23-24-21(26)17-4-3-5-20(14-17)30(27,28)25-18-6-8-19(29-2)9-7-18/h3-14,25H,1-2H3,(H,24,26). The third-order valence-electron chi connectivity index (χ3n) is 4.17. The number of carbonyl (C=O) groups excluding carboxylic acids is 1. The lowest BCUT2D eigenvalue weighted by Gasteiger charge is -2.10. The smallest absolute Gasteiger partial charge is 0.271 e. The van der Waals surface area contributed by atoms with Crippen LogP contribution in [0, 0.1) is 0 Å². The highest BCUT2D eigenvalue weighted by Crippen LogP contribution is 2.20. The van der Waals surface area contributed by atoms with E-state index >= 15 is 0 Å². The van der Waals surface area contributed by atoms with Crippen LogP contribution in [0.25, 0.3) is 0 Å². The molecule has 0 fully saturated rings. The summed E-state index contributed by atoms with van der Waals surface area (Å²) < 4.78 is 32.9. The van der Waals surface area contributed by atoms with Crippen LogP contribution in [-0.2, 0) is 10.0 Å². The number of amides is 1. The number of ether oxygens (including phenoxy) is 1. The summed E-state index contributed by atoms with van der Waals surface area (Å²) in [5.41, 5.74) is 4.39. The first-order valence-electron chi connectivity index (χ1n) is 8.91. The monoisotopic (exact) mass is 424 g/mol. The molecule has 0 saturated heterocycles. The SMILES string of the molecule is COc1ccc(NS(=O)(=O)c2cccc(C(=O)NN=C(C)c3ccncc3)c2)cc1. The number of hydrogen-bond donors (Lipinski definition) is 2. The Balaban J connectivity index is 1.75. The van der Waals surface area contributed by atoms with Crippen molar-refractivity contribution in [1.29, 1.82) is 0 Å². The van der Waals surface area contributed by atoms with Crippen LogP contribution < -0.4 is 14.9 Å². The van der Waals surface area contributed by atoms with Gasteiger partial charge in [-0.25, -0.2) is 13.8 Å². The fourth-order valence-electron chi connectivity index (χ4n) is 2.53. The minimum atomic E-state index is -3.88. The summed E-state index contributed by atoms with van der Waals surface area (Å²) in [6.07, 6.45) is 3.25. The number of nitrogens with zero attached hydrogens (tertiary/aromatic N) is 2. The number of pyridine rings is 1. The van der Waals surface area contributed by atoms with Crippen molar-refractivity contribution in [2.24, 2.45) is 5.10 Å². The van der Waals surface area contributed by atoms with E-state index in [0.29, 0.717) is 17.1 Å². The van der Waals surface area contributed by atoms with Crippen LogP contribution in [0.2, 0.25) is 0 Å². The van der Waals surface area contributed by atoms with Crippen LogP contribution in [0.3, 0.4) is 0 Å². The maximum absolute atomic E-state index is 12.7. The largest absolute Gasteiger partial charge is 0.497 e. The molecule has 0 unspecified atom stereocenters. The summed E-state index contributed by atoms with van der Waals surface area (Å²) in [6, 6.07) is 15.7. The van der Waals surface area contributed by atoms with Crippen LogP contribution in [0.4, 0.5) is 5.69 Å². The number of hydrogen-bond acceptors (Lipinski definition) is 6. The summed E-state index contributed by atoms with van der Waals surface area (Å²) in [4.78, 5) is 16.3. The van der Waals surface area contributed by atoms with Gasteiger partial charge in [0.1, 0.15) is 5.75 Å². The summed E-state index contributed by atoms with van der Waals surface area (Å²) >= 11 is 0. The molecule has 0 bridgehead atoms. The molecule has 0 atom stereocenters. The number of benzene rings is 2. The molecule has 8 nitrogen and oxygen atoms in total. The molecule has 1 aromatic heterocycles.